The predicted molar refractivity (Wildman–Crippen MR) is 93.2 cm³/mol. The molecule has 8 heteroatoms. The summed E-state index contributed by atoms with van der Waals surface area (Å²) in [6, 6.07) is 6.62. The fourth-order valence-corrected chi connectivity index (χ4v) is 3.78. The van der Waals surface area contributed by atoms with Crippen LogP contribution in [0.1, 0.15) is 18.4 Å². The first kappa shape index (κ1) is 18.7. The minimum Gasteiger partial charge on any atom is -0.335 e. The summed E-state index contributed by atoms with van der Waals surface area (Å²) in [6.07, 6.45) is 1.85. The molecule has 0 bridgehead atoms. The zero-order chi connectivity index (χ0) is 17.7. The van der Waals surface area contributed by atoms with Crippen molar-refractivity contribution in [2.24, 2.45) is 0 Å². The highest BCUT2D eigenvalue weighted by molar-refractivity contribution is 7.89. The summed E-state index contributed by atoms with van der Waals surface area (Å²) in [4.78, 5) is 14.5. The van der Waals surface area contributed by atoms with Crippen molar-refractivity contribution < 1.29 is 13.2 Å². The van der Waals surface area contributed by atoms with Gasteiger partial charge in [0, 0.05) is 26.7 Å². The smallest absolute Gasteiger partial charge is 0.315 e. The van der Waals surface area contributed by atoms with Crippen molar-refractivity contribution in [3.63, 3.8) is 0 Å². The molecule has 0 aromatic heterocycles. The molecule has 0 atom stereocenters. The second-order valence-electron chi connectivity index (χ2n) is 6.30. The molecule has 0 saturated carbocycles. The molecular weight excluding hydrogens is 328 g/mol. The molecule has 0 spiro atoms. The number of nitrogens with zero attached hydrogens (tertiary/aromatic N) is 2. The highest BCUT2D eigenvalue weighted by Gasteiger charge is 2.21. The van der Waals surface area contributed by atoms with Gasteiger partial charge in [-0.25, -0.2) is 17.5 Å². The van der Waals surface area contributed by atoms with Gasteiger partial charge in [0.05, 0.1) is 4.90 Å². The lowest BCUT2D eigenvalue weighted by atomic mass is 10.1. The van der Waals surface area contributed by atoms with Crippen LogP contribution in [0.4, 0.5) is 4.79 Å². The lowest BCUT2D eigenvalue weighted by molar-refractivity contribution is 0.213. The molecular formula is C16H26N4O3S. The number of nitrogens with one attached hydrogen (secondary N) is 2. The molecule has 134 valence electrons. The molecule has 1 aliphatic rings. The molecule has 1 saturated heterocycles. The molecule has 1 aromatic carbocycles. The minimum absolute atomic E-state index is 0.168. The van der Waals surface area contributed by atoms with Gasteiger partial charge in [0.15, 0.2) is 0 Å². The standard InChI is InChI=1S/C16H26N4O3S/c1-19(2)24(22,23)15-7-5-4-6-13(15)12-17-16(21)18-14-8-10-20(3)11-9-14/h4-7,14H,8-12H2,1-3H3,(H2,17,18,21). The van der Waals surface area contributed by atoms with Gasteiger partial charge in [0.25, 0.3) is 0 Å². The average molecular weight is 354 g/mol. The van der Waals surface area contributed by atoms with E-state index < -0.39 is 10.0 Å². The zero-order valence-electron chi connectivity index (χ0n) is 14.4. The topological polar surface area (TPSA) is 81.8 Å². The fourth-order valence-electron chi connectivity index (χ4n) is 2.66. The lowest BCUT2D eigenvalue weighted by Crippen LogP contribution is -2.47. The third-order valence-electron chi connectivity index (χ3n) is 4.22. The van der Waals surface area contributed by atoms with Crippen LogP contribution in [0.2, 0.25) is 0 Å². The van der Waals surface area contributed by atoms with E-state index in [2.05, 4.69) is 22.6 Å². The van der Waals surface area contributed by atoms with E-state index in [0.29, 0.717) is 5.56 Å². The van der Waals surface area contributed by atoms with Crippen molar-refractivity contribution in [3.05, 3.63) is 29.8 Å². The Kier molecular flexibility index (Phi) is 6.20. The number of amides is 2. The second kappa shape index (κ2) is 7.96. The summed E-state index contributed by atoms with van der Waals surface area (Å²) in [5, 5.41) is 5.72. The Labute approximate surface area is 144 Å². The number of urea groups is 1. The number of piperidine rings is 1. The largest absolute Gasteiger partial charge is 0.335 e. The van der Waals surface area contributed by atoms with Crippen LogP contribution in [-0.2, 0) is 16.6 Å². The fraction of sp³-hybridized carbons (Fsp3) is 0.562. The van der Waals surface area contributed by atoms with Crippen molar-refractivity contribution >= 4 is 16.1 Å². The van der Waals surface area contributed by atoms with Gasteiger partial charge >= 0.3 is 6.03 Å². The highest BCUT2D eigenvalue weighted by Crippen LogP contribution is 2.18. The molecule has 0 radical (unpaired) electrons. The van der Waals surface area contributed by atoms with Gasteiger partial charge in [-0.3, -0.25) is 0 Å². The summed E-state index contributed by atoms with van der Waals surface area (Å²) in [5.41, 5.74) is 0.574. The van der Waals surface area contributed by atoms with Crippen molar-refractivity contribution in [1.82, 2.24) is 19.8 Å². The molecule has 0 aliphatic carbocycles. The predicted octanol–water partition coefficient (Wildman–Crippen LogP) is 0.830. The summed E-state index contributed by atoms with van der Waals surface area (Å²) in [7, 11) is 1.52. The molecule has 7 nitrogen and oxygen atoms in total. The SMILES string of the molecule is CN1CCC(NC(=O)NCc2ccccc2S(=O)(=O)N(C)C)CC1. The average Bonchev–Trinajstić information content (AvgIpc) is 2.55. The zero-order valence-corrected chi connectivity index (χ0v) is 15.3. The number of hydrogen-bond acceptors (Lipinski definition) is 4. The second-order valence-corrected chi connectivity index (χ2v) is 8.42. The summed E-state index contributed by atoms with van der Waals surface area (Å²) < 4.78 is 25.8. The van der Waals surface area contributed by atoms with Crippen LogP contribution >= 0.6 is 0 Å². The van der Waals surface area contributed by atoms with Crippen molar-refractivity contribution in [1.29, 1.82) is 0 Å². The first-order chi connectivity index (χ1) is 11.3. The van der Waals surface area contributed by atoms with E-state index in [0.717, 1.165) is 25.9 Å². The van der Waals surface area contributed by atoms with Crippen LogP contribution < -0.4 is 10.6 Å². The van der Waals surface area contributed by atoms with Crippen molar-refractivity contribution in [2.75, 3.05) is 34.2 Å². The lowest BCUT2D eigenvalue weighted by Gasteiger charge is -2.29. The third kappa shape index (κ3) is 4.68. The minimum atomic E-state index is -3.53. The van der Waals surface area contributed by atoms with E-state index in [4.69, 9.17) is 0 Å². The molecule has 2 rings (SSSR count). The molecule has 1 fully saturated rings. The number of hydrogen-bond donors (Lipinski definition) is 2. The van der Waals surface area contributed by atoms with Gasteiger partial charge in [-0.1, -0.05) is 18.2 Å². The summed E-state index contributed by atoms with van der Waals surface area (Å²) in [6.45, 7) is 2.10. The van der Waals surface area contributed by atoms with Crippen LogP contribution in [0, 0.1) is 0 Å². The molecule has 2 amide bonds. The van der Waals surface area contributed by atoms with Gasteiger partial charge in [0.2, 0.25) is 10.0 Å². The number of likely N-dealkylation sites (tertiary alicyclic amines) is 1. The van der Waals surface area contributed by atoms with Gasteiger partial charge in [-0.15, -0.1) is 0 Å². The van der Waals surface area contributed by atoms with E-state index in [-0.39, 0.29) is 23.5 Å². The van der Waals surface area contributed by atoms with Gasteiger partial charge in [-0.2, -0.15) is 0 Å². The summed E-state index contributed by atoms with van der Waals surface area (Å²) in [5.74, 6) is 0. The van der Waals surface area contributed by atoms with Gasteiger partial charge in [0.1, 0.15) is 0 Å². The quantitative estimate of drug-likeness (QED) is 0.821. The molecule has 0 unspecified atom stereocenters. The van der Waals surface area contributed by atoms with Gasteiger partial charge in [-0.05, 0) is 44.6 Å². The van der Waals surface area contributed by atoms with Crippen LogP contribution in [0.3, 0.4) is 0 Å². The van der Waals surface area contributed by atoms with E-state index in [1.54, 1.807) is 24.3 Å². The number of carbonyl (C=O) groups is 1. The Morgan fingerprint density at radius 1 is 1.25 bits per heavy atom. The van der Waals surface area contributed by atoms with Crippen LogP contribution in [0.15, 0.2) is 29.2 Å². The van der Waals surface area contributed by atoms with E-state index in [1.165, 1.54) is 18.4 Å². The number of rotatable bonds is 5. The Morgan fingerprint density at radius 3 is 2.50 bits per heavy atom. The number of carbonyl (C=O) groups excluding carboxylic acids is 1. The van der Waals surface area contributed by atoms with E-state index in [9.17, 15) is 13.2 Å². The van der Waals surface area contributed by atoms with Crippen molar-refractivity contribution in [3.8, 4) is 0 Å². The maximum atomic E-state index is 12.3. The normalized spacial score (nSPS) is 17.0. The van der Waals surface area contributed by atoms with Crippen LogP contribution in [0.25, 0.3) is 0 Å². The van der Waals surface area contributed by atoms with Crippen molar-refractivity contribution in [2.45, 2.75) is 30.3 Å². The van der Waals surface area contributed by atoms with E-state index >= 15 is 0 Å². The first-order valence-corrected chi connectivity index (χ1v) is 9.48. The maximum Gasteiger partial charge on any atom is 0.315 e. The Hall–Kier alpha value is -1.64. The molecule has 1 aromatic rings. The Bertz CT molecular complexity index is 668. The Balaban J connectivity index is 1.96. The van der Waals surface area contributed by atoms with Crippen LogP contribution in [-0.4, -0.2) is 63.9 Å². The Morgan fingerprint density at radius 2 is 1.88 bits per heavy atom. The monoisotopic (exact) mass is 354 g/mol. The molecule has 24 heavy (non-hydrogen) atoms. The van der Waals surface area contributed by atoms with E-state index in [1.807, 2.05) is 0 Å². The highest BCUT2D eigenvalue weighted by atomic mass is 32.2. The molecule has 1 heterocycles. The van der Waals surface area contributed by atoms with Gasteiger partial charge < -0.3 is 15.5 Å². The first-order valence-electron chi connectivity index (χ1n) is 8.04. The number of sulfonamides is 1. The summed E-state index contributed by atoms with van der Waals surface area (Å²) >= 11 is 0. The molecule has 2 N–H and O–H groups in total. The third-order valence-corrected chi connectivity index (χ3v) is 6.14. The number of benzene rings is 1. The maximum absolute atomic E-state index is 12.3. The molecule has 1 aliphatic heterocycles. The van der Waals surface area contributed by atoms with Crippen LogP contribution in [0.5, 0.6) is 0 Å².